The number of rotatable bonds is 7. The number of oxime groups is 1. The minimum Gasteiger partial charge on any atom is -0.493 e. The lowest BCUT2D eigenvalue weighted by molar-refractivity contribution is -0.120. The van der Waals surface area contributed by atoms with Gasteiger partial charge in [0.25, 0.3) is 5.91 Å². The Hall–Kier alpha value is -2.80. The molecule has 0 atom stereocenters. The number of ether oxygens (including phenoxy) is 2. The van der Waals surface area contributed by atoms with Crippen LogP contribution in [0, 0.1) is 5.82 Å². The standard InChI is InChI=1S/C17H16ClFN2O4/c1-23-15-8-11(7-14(18)17(15)24-2)9-20-25-10-16(22)21-13-5-3-12(19)4-6-13/h3-9H,10H2,1-2H3,(H,21,22)/b20-9-. The molecule has 2 rings (SSSR count). The predicted octanol–water partition coefficient (Wildman–Crippen LogP) is 3.49. The number of nitrogens with one attached hydrogen (secondary N) is 1. The van der Waals surface area contributed by atoms with Crippen molar-refractivity contribution in [2.45, 2.75) is 0 Å². The lowest BCUT2D eigenvalue weighted by atomic mass is 10.2. The second-order valence-corrected chi connectivity index (χ2v) is 5.21. The molecule has 0 bridgehead atoms. The highest BCUT2D eigenvalue weighted by molar-refractivity contribution is 6.32. The summed E-state index contributed by atoms with van der Waals surface area (Å²) in [6.45, 7) is -0.297. The van der Waals surface area contributed by atoms with Crippen molar-refractivity contribution >= 4 is 29.4 Å². The molecule has 1 amide bonds. The smallest absolute Gasteiger partial charge is 0.265 e. The summed E-state index contributed by atoms with van der Waals surface area (Å²) >= 11 is 6.08. The van der Waals surface area contributed by atoms with Crippen molar-refractivity contribution in [3.63, 3.8) is 0 Å². The number of nitrogens with zero attached hydrogens (tertiary/aromatic N) is 1. The lowest BCUT2D eigenvalue weighted by Crippen LogP contribution is -2.16. The van der Waals surface area contributed by atoms with E-state index in [4.69, 9.17) is 25.9 Å². The second kappa shape index (κ2) is 8.89. The molecule has 0 saturated heterocycles. The van der Waals surface area contributed by atoms with E-state index in [1.807, 2.05) is 0 Å². The van der Waals surface area contributed by atoms with Gasteiger partial charge >= 0.3 is 0 Å². The Morgan fingerprint density at radius 1 is 1.24 bits per heavy atom. The average Bonchev–Trinajstić information content (AvgIpc) is 2.60. The van der Waals surface area contributed by atoms with Crippen LogP contribution in [0.3, 0.4) is 0 Å². The van der Waals surface area contributed by atoms with Crippen LogP contribution in [0.1, 0.15) is 5.56 Å². The Kier molecular flexibility index (Phi) is 6.59. The van der Waals surface area contributed by atoms with Gasteiger partial charge in [-0.1, -0.05) is 16.8 Å². The van der Waals surface area contributed by atoms with Crippen molar-refractivity contribution in [3.8, 4) is 11.5 Å². The molecule has 1 N–H and O–H groups in total. The number of hydrogen-bond donors (Lipinski definition) is 1. The number of anilines is 1. The van der Waals surface area contributed by atoms with E-state index in [0.717, 1.165) is 0 Å². The van der Waals surface area contributed by atoms with Gasteiger partial charge in [-0.3, -0.25) is 4.79 Å². The van der Waals surface area contributed by atoms with Crippen LogP contribution < -0.4 is 14.8 Å². The van der Waals surface area contributed by atoms with Gasteiger partial charge in [0, 0.05) is 11.3 Å². The summed E-state index contributed by atoms with van der Waals surface area (Å²) in [6.07, 6.45) is 1.39. The molecule has 0 aliphatic rings. The Morgan fingerprint density at radius 3 is 2.60 bits per heavy atom. The second-order valence-electron chi connectivity index (χ2n) is 4.80. The van der Waals surface area contributed by atoms with Gasteiger partial charge in [-0.05, 0) is 36.4 Å². The Balaban J connectivity index is 1.89. The Bertz CT molecular complexity index is 766. The van der Waals surface area contributed by atoms with E-state index in [-0.39, 0.29) is 12.4 Å². The van der Waals surface area contributed by atoms with Gasteiger partial charge in [0.05, 0.1) is 25.5 Å². The van der Waals surface area contributed by atoms with Gasteiger partial charge in [0.15, 0.2) is 18.1 Å². The van der Waals surface area contributed by atoms with Crippen molar-refractivity contribution < 1.29 is 23.5 Å². The first-order chi connectivity index (χ1) is 12.0. The molecule has 2 aromatic rings. The van der Waals surface area contributed by atoms with Crippen LogP contribution in [0.2, 0.25) is 5.02 Å². The lowest BCUT2D eigenvalue weighted by Gasteiger charge is -2.09. The molecule has 0 radical (unpaired) electrons. The molecule has 0 unspecified atom stereocenters. The highest BCUT2D eigenvalue weighted by atomic mass is 35.5. The normalized spacial score (nSPS) is 10.6. The third-order valence-corrected chi connectivity index (χ3v) is 3.34. The van der Waals surface area contributed by atoms with Crippen LogP contribution in [0.25, 0.3) is 0 Å². The summed E-state index contributed by atoms with van der Waals surface area (Å²) in [5, 5.41) is 6.62. The summed E-state index contributed by atoms with van der Waals surface area (Å²) in [7, 11) is 2.98. The van der Waals surface area contributed by atoms with Crippen LogP contribution in [-0.2, 0) is 9.63 Å². The third kappa shape index (κ3) is 5.36. The molecule has 0 aromatic heterocycles. The maximum atomic E-state index is 12.8. The predicted molar refractivity (Wildman–Crippen MR) is 93.1 cm³/mol. The summed E-state index contributed by atoms with van der Waals surface area (Å²) in [6, 6.07) is 8.67. The van der Waals surface area contributed by atoms with Crippen LogP contribution in [-0.4, -0.2) is 32.9 Å². The molecule has 6 nitrogen and oxygen atoms in total. The van der Waals surface area contributed by atoms with Crippen molar-refractivity contribution in [1.29, 1.82) is 0 Å². The number of hydrogen-bond acceptors (Lipinski definition) is 5. The van der Waals surface area contributed by atoms with E-state index < -0.39 is 5.91 Å². The zero-order valence-electron chi connectivity index (χ0n) is 13.6. The van der Waals surface area contributed by atoms with E-state index in [1.165, 1.54) is 44.7 Å². The zero-order valence-corrected chi connectivity index (χ0v) is 14.3. The molecule has 0 heterocycles. The highest BCUT2D eigenvalue weighted by Gasteiger charge is 2.10. The quantitative estimate of drug-likeness (QED) is 0.601. The van der Waals surface area contributed by atoms with E-state index >= 15 is 0 Å². The minimum absolute atomic E-state index is 0.297. The highest BCUT2D eigenvalue weighted by Crippen LogP contribution is 2.35. The first-order valence-corrected chi connectivity index (χ1v) is 7.53. The van der Waals surface area contributed by atoms with Crippen molar-refractivity contribution in [1.82, 2.24) is 0 Å². The van der Waals surface area contributed by atoms with E-state index in [9.17, 15) is 9.18 Å². The monoisotopic (exact) mass is 366 g/mol. The number of carbonyl (C=O) groups excluding carboxylic acids is 1. The maximum absolute atomic E-state index is 12.8. The maximum Gasteiger partial charge on any atom is 0.265 e. The Labute approximate surface area is 149 Å². The fourth-order valence-corrected chi connectivity index (χ4v) is 2.23. The van der Waals surface area contributed by atoms with Crippen molar-refractivity contribution in [2.75, 3.05) is 26.1 Å². The summed E-state index contributed by atoms with van der Waals surface area (Å²) in [4.78, 5) is 16.6. The summed E-state index contributed by atoms with van der Waals surface area (Å²) in [5.74, 6) is 0.0629. The fourth-order valence-electron chi connectivity index (χ4n) is 1.94. The van der Waals surface area contributed by atoms with Gasteiger partial charge in [0.1, 0.15) is 5.82 Å². The van der Waals surface area contributed by atoms with Crippen LogP contribution in [0.15, 0.2) is 41.6 Å². The Morgan fingerprint density at radius 2 is 1.96 bits per heavy atom. The number of benzene rings is 2. The van der Waals surface area contributed by atoms with E-state index in [1.54, 1.807) is 12.1 Å². The van der Waals surface area contributed by atoms with E-state index in [0.29, 0.717) is 27.8 Å². The number of amides is 1. The summed E-state index contributed by atoms with van der Waals surface area (Å²) < 4.78 is 23.1. The first-order valence-electron chi connectivity index (χ1n) is 7.15. The molecule has 0 spiro atoms. The van der Waals surface area contributed by atoms with Crippen LogP contribution >= 0.6 is 11.6 Å². The van der Waals surface area contributed by atoms with Crippen molar-refractivity contribution in [3.05, 3.63) is 52.8 Å². The third-order valence-electron chi connectivity index (χ3n) is 3.06. The SMILES string of the molecule is COc1cc(/C=N\OCC(=O)Nc2ccc(F)cc2)cc(Cl)c1OC. The van der Waals surface area contributed by atoms with Gasteiger partial charge in [-0.15, -0.1) is 0 Å². The van der Waals surface area contributed by atoms with Gasteiger partial charge < -0.3 is 19.6 Å². The number of methoxy groups -OCH3 is 2. The molecular formula is C17H16ClFN2O4. The molecule has 0 fully saturated rings. The molecule has 0 aliphatic heterocycles. The summed E-state index contributed by atoms with van der Waals surface area (Å²) in [5.41, 5.74) is 1.08. The van der Waals surface area contributed by atoms with Crippen molar-refractivity contribution in [2.24, 2.45) is 5.16 Å². The topological polar surface area (TPSA) is 69.2 Å². The van der Waals surface area contributed by atoms with Crippen LogP contribution in [0.5, 0.6) is 11.5 Å². The average molecular weight is 367 g/mol. The van der Waals surface area contributed by atoms with E-state index in [2.05, 4.69) is 10.5 Å². The van der Waals surface area contributed by atoms with Gasteiger partial charge in [-0.25, -0.2) is 4.39 Å². The molecule has 132 valence electrons. The zero-order chi connectivity index (χ0) is 18.2. The van der Waals surface area contributed by atoms with Crippen LogP contribution in [0.4, 0.5) is 10.1 Å². The fraction of sp³-hybridized carbons (Fsp3) is 0.176. The number of halogens is 2. The molecular weight excluding hydrogens is 351 g/mol. The molecule has 25 heavy (non-hydrogen) atoms. The number of carbonyl (C=O) groups is 1. The largest absolute Gasteiger partial charge is 0.493 e. The van der Waals surface area contributed by atoms with Gasteiger partial charge in [-0.2, -0.15) is 0 Å². The minimum atomic E-state index is -0.422. The molecule has 0 aliphatic carbocycles. The first kappa shape index (κ1) is 18.5. The molecule has 8 heteroatoms. The molecule has 2 aromatic carbocycles. The molecule has 0 saturated carbocycles. The van der Waals surface area contributed by atoms with Gasteiger partial charge in [0.2, 0.25) is 0 Å².